The SMILES string of the molecule is O=S(=O)(O)c1nc2c(ccc3c(-c4ccccc4)ccnc32)c(-c2ccccc2)c1Cl. The van der Waals surface area contributed by atoms with Crippen molar-refractivity contribution in [1.29, 1.82) is 0 Å². The molecule has 3 aromatic carbocycles. The third-order valence-corrected chi connectivity index (χ3v) is 6.43. The Kier molecular flexibility index (Phi) is 4.70. The standard InChI is InChI=1S/C24H15ClN2O3S/c25-21-20(16-9-5-2-6-10-16)19-12-11-18-17(15-7-3-1-4-8-15)13-14-26-22(18)23(19)27-24(21)31(28,29)30/h1-14H,(H,28,29,30). The highest BCUT2D eigenvalue weighted by Crippen LogP contribution is 2.41. The predicted octanol–water partition coefficient (Wildman–Crippen LogP) is 6.02. The number of halogens is 1. The largest absolute Gasteiger partial charge is 0.313 e. The van der Waals surface area contributed by atoms with Gasteiger partial charge in [-0.3, -0.25) is 9.54 Å². The number of rotatable bonds is 3. The minimum Gasteiger partial charge on any atom is -0.281 e. The summed E-state index contributed by atoms with van der Waals surface area (Å²) in [6.07, 6.45) is 1.66. The topological polar surface area (TPSA) is 80.2 Å². The molecule has 7 heteroatoms. The van der Waals surface area contributed by atoms with Gasteiger partial charge in [-0.15, -0.1) is 0 Å². The van der Waals surface area contributed by atoms with Gasteiger partial charge in [-0.2, -0.15) is 8.42 Å². The zero-order valence-corrected chi connectivity index (χ0v) is 17.6. The van der Waals surface area contributed by atoms with E-state index in [4.69, 9.17) is 11.6 Å². The van der Waals surface area contributed by atoms with E-state index in [1.54, 1.807) is 6.20 Å². The summed E-state index contributed by atoms with van der Waals surface area (Å²) >= 11 is 6.46. The van der Waals surface area contributed by atoms with Crippen LogP contribution in [0.4, 0.5) is 0 Å². The van der Waals surface area contributed by atoms with Gasteiger partial charge in [0.05, 0.1) is 16.1 Å². The minimum absolute atomic E-state index is 0.125. The second-order valence-corrected chi connectivity index (χ2v) is 8.74. The van der Waals surface area contributed by atoms with Crippen molar-refractivity contribution in [2.75, 3.05) is 0 Å². The molecule has 0 saturated carbocycles. The second kappa shape index (κ2) is 7.42. The van der Waals surface area contributed by atoms with Crippen LogP contribution in [0.25, 0.3) is 44.1 Å². The van der Waals surface area contributed by atoms with Crippen molar-refractivity contribution >= 4 is 43.5 Å². The first-order valence-electron chi connectivity index (χ1n) is 9.44. The molecule has 0 aliphatic carbocycles. The first-order chi connectivity index (χ1) is 14.9. The Balaban J connectivity index is 1.95. The van der Waals surface area contributed by atoms with Crippen LogP contribution in [0.15, 0.2) is 90.1 Å². The number of hydrogen-bond donors (Lipinski definition) is 1. The molecule has 0 spiro atoms. The molecule has 0 aliphatic heterocycles. The van der Waals surface area contributed by atoms with Gasteiger partial charge < -0.3 is 0 Å². The van der Waals surface area contributed by atoms with Gasteiger partial charge >= 0.3 is 10.1 Å². The fourth-order valence-corrected chi connectivity index (χ4v) is 4.90. The lowest BCUT2D eigenvalue weighted by atomic mass is 9.96. The normalized spacial score (nSPS) is 11.8. The molecule has 0 aliphatic rings. The van der Waals surface area contributed by atoms with Crippen LogP contribution in [0.2, 0.25) is 5.02 Å². The fourth-order valence-electron chi connectivity index (χ4n) is 3.82. The molecule has 2 heterocycles. The van der Waals surface area contributed by atoms with Crippen molar-refractivity contribution in [3.05, 3.63) is 90.1 Å². The number of pyridine rings is 2. The first-order valence-corrected chi connectivity index (χ1v) is 11.3. The van der Waals surface area contributed by atoms with E-state index in [2.05, 4.69) is 9.97 Å². The predicted molar refractivity (Wildman–Crippen MR) is 123 cm³/mol. The number of fused-ring (bicyclic) bond motifs is 3. The first kappa shape index (κ1) is 19.6. The lowest BCUT2D eigenvalue weighted by molar-refractivity contribution is 0.480. The molecular weight excluding hydrogens is 432 g/mol. The Morgan fingerprint density at radius 2 is 1.35 bits per heavy atom. The highest BCUT2D eigenvalue weighted by Gasteiger charge is 2.24. The molecule has 5 aromatic rings. The molecule has 0 radical (unpaired) electrons. The molecule has 2 aromatic heterocycles. The van der Waals surface area contributed by atoms with Crippen molar-refractivity contribution in [2.45, 2.75) is 5.03 Å². The molecule has 0 amide bonds. The van der Waals surface area contributed by atoms with E-state index >= 15 is 0 Å². The quantitative estimate of drug-likeness (QED) is 0.271. The smallest absolute Gasteiger partial charge is 0.281 e. The van der Waals surface area contributed by atoms with E-state index in [1.807, 2.05) is 78.9 Å². The Morgan fingerprint density at radius 3 is 2.00 bits per heavy atom. The number of aromatic nitrogens is 2. The van der Waals surface area contributed by atoms with Crippen molar-refractivity contribution < 1.29 is 13.0 Å². The lowest BCUT2D eigenvalue weighted by Crippen LogP contribution is -2.05. The van der Waals surface area contributed by atoms with Crippen LogP contribution in [0.3, 0.4) is 0 Å². The zero-order valence-electron chi connectivity index (χ0n) is 16.0. The van der Waals surface area contributed by atoms with Crippen molar-refractivity contribution in [1.82, 2.24) is 9.97 Å². The molecule has 5 rings (SSSR count). The number of hydrogen-bond acceptors (Lipinski definition) is 4. The van der Waals surface area contributed by atoms with E-state index in [9.17, 15) is 13.0 Å². The Bertz CT molecular complexity index is 1550. The van der Waals surface area contributed by atoms with Crippen LogP contribution in [-0.4, -0.2) is 22.9 Å². The van der Waals surface area contributed by atoms with Crippen LogP contribution in [0.1, 0.15) is 0 Å². The molecule has 0 fully saturated rings. The van der Waals surface area contributed by atoms with E-state index in [0.717, 1.165) is 16.5 Å². The van der Waals surface area contributed by atoms with Crippen LogP contribution >= 0.6 is 11.6 Å². The maximum atomic E-state index is 12.1. The van der Waals surface area contributed by atoms with Gasteiger partial charge in [0.2, 0.25) is 5.03 Å². The zero-order chi connectivity index (χ0) is 21.6. The van der Waals surface area contributed by atoms with Gasteiger partial charge in [-0.1, -0.05) is 84.4 Å². The fraction of sp³-hybridized carbons (Fsp3) is 0. The molecule has 0 atom stereocenters. The summed E-state index contributed by atoms with van der Waals surface area (Å²) in [7, 11) is -4.66. The number of benzene rings is 3. The Hall–Kier alpha value is -3.32. The second-order valence-electron chi connectivity index (χ2n) is 7.03. The van der Waals surface area contributed by atoms with Crippen LogP contribution in [0, 0.1) is 0 Å². The third kappa shape index (κ3) is 3.35. The average molecular weight is 447 g/mol. The highest BCUT2D eigenvalue weighted by molar-refractivity contribution is 7.85. The summed E-state index contributed by atoms with van der Waals surface area (Å²) < 4.78 is 34.0. The Labute approximate surface area is 183 Å². The molecule has 0 unspecified atom stereocenters. The van der Waals surface area contributed by atoms with Gasteiger partial charge in [-0.05, 0) is 22.8 Å². The summed E-state index contributed by atoms with van der Waals surface area (Å²) in [5.74, 6) is 0. The summed E-state index contributed by atoms with van der Waals surface area (Å²) in [6, 6.07) is 24.7. The summed E-state index contributed by atoms with van der Waals surface area (Å²) in [6.45, 7) is 0. The maximum Gasteiger partial charge on any atom is 0.313 e. The van der Waals surface area contributed by atoms with E-state index < -0.39 is 15.1 Å². The third-order valence-electron chi connectivity index (χ3n) is 5.17. The molecule has 0 bridgehead atoms. The summed E-state index contributed by atoms with van der Waals surface area (Å²) in [5, 5.41) is 0.754. The molecular formula is C24H15ClN2O3S. The molecule has 152 valence electrons. The van der Waals surface area contributed by atoms with Crippen LogP contribution in [0.5, 0.6) is 0 Å². The van der Waals surface area contributed by atoms with Gasteiger partial charge in [-0.25, -0.2) is 4.98 Å². The average Bonchev–Trinajstić information content (AvgIpc) is 2.78. The van der Waals surface area contributed by atoms with Gasteiger partial charge in [0.1, 0.15) is 0 Å². The number of nitrogens with zero attached hydrogens (tertiary/aromatic N) is 2. The van der Waals surface area contributed by atoms with E-state index in [1.165, 1.54) is 0 Å². The van der Waals surface area contributed by atoms with E-state index in [0.29, 0.717) is 27.5 Å². The maximum absolute atomic E-state index is 12.1. The van der Waals surface area contributed by atoms with Gasteiger partial charge in [0.15, 0.2) is 0 Å². The summed E-state index contributed by atoms with van der Waals surface area (Å²) in [4.78, 5) is 8.76. The molecule has 5 nitrogen and oxygen atoms in total. The lowest BCUT2D eigenvalue weighted by Gasteiger charge is -2.14. The molecule has 1 N–H and O–H groups in total. The van der Waals surface area contributed by atoms with Crippen molar-refractivity contribution in [3.8, 4) is 22.3 Å². The summed E-state index contributed by atoms with van der Waals surface area (Å²) in [5.41, 5.74) is 4.02. The molecule has 31 heavy (non-hydrogen) atoms. The monoisotopic (exact) mass is 446 g/mol. The van der Waals surface area contributed by atoms with Crippen LogP contribution < -0.4 is 0 Å². The van der Waals surface area contributed by atoms with Crippen LogP contribution in [-0.2, 0) is 10.1 Å². The molecule has 0 saturated heterocycles. The van der Waals surface area contributed by atoms with Crippen molar-refractivity contribution in [2.24, 2.45) is 0 Å². The van der Waals surface area contributed by atoms with Gasteiger partial charge in [0.25, 0.3) is 0 Å². The van der Waals surface area contributed by atoms with Crippen molar-refractivity contribution in [3.63, 3.8) is 0 Å². The minimum atomic E-state index is -4.66. The highest BCUT2D eigenvalue weighted by atomic mass is 35.5. The Morgan fingerprint density at radius 1 is 0.742 bits per heavy atom. The van der Waals surface area contributed by atoms with E-state index in [-0.39, 0.29) is 5.02 Å². The van der Waals surface area contributed by atoms with Gasteiger partial charge in [0, 0.05) is 22.5 Å².